The molecule has 0 fully saturated rings. The van der Waals surface area contributed by atoms with E-state index < -0.39 is 16.8 Å². The number of ether oxygens (including phenoxy) is 1. The summed E-state index contributed by atoms with van der Waals surface area (Å²) in [5, 5.41) is 13.9. The third-order valence-corrected chi connectivity index (χ3v) is 4.50. The Hall–Kier alpha value is -2.65. The van der Waals surface area contributed by atoms with Crippen LogP contribution in [-0.4, -0.2) is 29.9 Å². The summed E-state index contributed by atoms with van der Waals surface area (Å²) in [4.78, 5) is 36.0. The third-order valence-electron chi connectivity index (χ3n) is 3.57. The molecule has 1 aliphatic rings. The number of nitro groups is 1. The van der Waals surface area contributed by atoms with Gasteiger partial charge in [0, 0.05) is 21.6 Å². The highest BCUT2D eigenvalue weighted by molar-refractivity contribution is 9.10. The summed E-state index contributed by atoms with van der Waals surface area (Å²) in [7, 11) is 0. The molecule has 1 aliphatic heterocycles. The topological polar surface area (TPSA) is 102 Å². The van der Waals surface area contributed by atoms with Crippen LogP contribution in [0.15, 0.2) is 40.9 Å². The predicted octanol–water partition coefficient (Wildman–Crippen LogP) is 3.37. The number of amides is 1. The van der Waals surface area contributed by atoms with E-state index in [-0.39, 0.29) is 24.5 Å². The number of esters is 1. The fourth-order valence-corrected chi connectivity index (χ4v) is 2.96. The van der Waals surface area contributed by atoms with E-state index >= 15 is 0 Å². The number of nitro benzene ring substituents is 1. The standard InChI is InChI=1S/C16H11BrClN3O5/c17-11-3-2-10(21(24)25)6-12(11)19-15(22)7-20-8-16(23)26-14-4-1-9(18)5-13(14)20/h1-6H,7-8H2,(H,19,22). The largest absolute Gasteiger partial charge is 0.423 e. The number of non-ortho nitro benzene ring substituents is 1. The normalized spacial score (nSPS) is 13.0. The molecule has 26 heavy (non-hydrogen) atoms. The van der Waals surface area contributed by atoms with Crippen LogP contribution in [0.4, 0.5) is 17.1 Å². The molecule has 134 valence electrons. The minimum Gasteiger partial charge on any atom is -0.423 e. The zero-order chi connectivity index (χ0) is 18.8. The molecule has 0 spiro atoms. The molecule has 0 saturated heterocycles. The molecule has 2 aromatic carbocycles. The van der Waals surface area contributed by atoms with Gasteiger partial charge in [0.2, 0.25) is 5.91 Å². The lowest BCUT2D eigenvalue weighted by Crippen LogP contribution is -2.41. The Balaban J connectivity index is 1.79. The Morgan fingerprint density at radius 2 is 2.12 bits per heavy atom. The van der Waals surface area contributed by atoms with Crippen LogP contribution in [0.25, 0.3) is 0 Å². The van der Waals surface area contributed by atoms with Crippen molar-refractivity contribution in [3.63, 3.8) is 0 Å². The lowest BCUT2D eigenvalue weighted by molar-refractivity contribution is -0.384. The van der Waals surface area contributed by atoms with Gasteiger partial charge >= 0.3 is 5.97 Å². The second-order valence-corrected chi connectivity index (χ2v) is 6.70. The van der Waals surface area contributed by atoms with E-state index in [0.29, 0.717) is 20.9 Å². The minimum atomic E-state index is -0.555. The van der Waals surface area contributed by atoms with Gasteiger partial charge in [0.05, 0.1) is 22.8 Å². The van der Waals surface area contributed by atoms with Crippen LogP contribution in [0.3, 0.4) is 0 Å². The maximum absolute atomic E-state index is 12.4. The fourth-order valence-electron chi connectivity index (χ4n) is 2.45. The maximum Gasteiger partial charge on any atom is 0.331 e. The summed E-state index contributed by atoms with van der Waals surface area (Å²) in [6, 6.07) is 8.77. The summed E-state index contributed by atoms with van der Waals surface area (Å²) < 4.78 is 5.62. The lowest BCUT2D eigenvalue weighted by atomic mass is 10.2. The highest BCUT2D eigenvalue weighted by atomic mass is 79.9. The van der Waals surface area contributed by atoms with E-state index in [9.17, 15) is 19.7 Å². The third kappa shape index (κ3) is 3.94. The molecule has 0 bridgehead atoms. The summed E-state index contributed by atoms with van der Waals surface area (Å²) >= 11 is 9.21. The lowest BCUT2D eigenvalue weighted by Gasteiger charge is -2.29. The van der Waals surface area contributed by atoms with Gasteiger partial charge in [0.25, 0.3) is 5.69 Å². The Bertz CT molecular complexity index is 921. The number of nitrogens with zero attached hydrogens (tertiary/aromatic N) is 2. The number of nitrogens with one attached hydrogen (secondary N) is 1. The van der Waals surface area contributed by atoms with Crippen molar-refractivity contribution in [2.45, 2.75) is 0 Å². The summed E-state index contributed by atoms with van der Waals surface area (Å²) in [5.41, 5.74) is 0.627. The average Bonchev–Trinajstić information content (AvgIpc) is 2.57. The summed E-state index contributed by atoms with van der Waals surface area (Å²) in [5.74, 6) is -0.633. The molecule has 0 saturated carbocycles. The fraction of sp³-hybridized carbons (Fsp3) is 0.125. The van der Waals surface area contributed by atoms with Crippen molar-refractivity contribution in [2.24, 2.45) is 0 Å². The number of halogens is 2. The average molecular weight is 441 g/mol. The number of hydrogen-bond acceptors (Lipinski definition) is 6. The summed E-state index contributed by atoms with van der Waals surface area (Å²) in [6.45, 7) is -0.269. The van der Waals surface area contributed by atoms with Crippen LogP contribution in [0, 0.1) is 10.1 Å². The molecular weight excluding hydrogens is 430 g/mol. The minimum absolute atomic E-state index is 0.114. The molecule has 10 heteroatoms. The van der Waals surface area contributed by atoms with Crippen LogP contribution >= 0.6 is 27.5 Å². The molecule has 1 N–H and O–H groups in total. The number of fused-ring (bicyclic) bond motifs is 1. The van der Waals surface area contributed by atoms with Crippen LogP contribution in [0.1, 0.15) is 0 Å². The first-order chi connectivity index (χ1) is 12.3. The number of anilines is 2. The van der Waals surface area contributed by atoms with Crippen LogP contribution in [-0.2, 0) is 9.59 Å². The first-order valence-electron chi connectivity index (χ1n) is 7.32. The Labute approximate surface area is 161 Å². The zero-order valence-corrected chi connectivity index (χ0v) is 15.4. The first-order valence-corrected chi connectivity index (χ1v) is 8.49. The van der Waals surface area contributed by atoms with Crippen molar-refractivity contribution < 1.29 is 19.2 Å². The number of rotatable bonds is 4. The van der Waals surface area contributed by atoms with Crippen molar-refractivity contribution in [3.8, 4) is 5.75 Å². The van der Waals surface area contributed by atoms with Gasteiger partial charge in [-0.05, 0) is 40.2 Å². The van der Waals surface area contributed by atoms with E-state index in [1.54, 1.807) is 18.2 Å². The first kappa shape index (κ1) is 18.2. The van der Waals surface area contributed by atoms with E-state index in [2.05, 4.69) is 21.2 Å². The van der Waals surface area contributed by atoms with Crippen molar-refractivity contribution in [1.29, 1.82) is 0 Å². The second kappa shape index (κ2) is 7.30. The van der Waals surface area contributed by atoms with Gasteiger partial charge in [-0.2, -0.15) is 0 Å². The number of hydrogen-bond donors (Lipinski definition) is 1. The number of benzene rings is 2. The smallest absolute Gasteiger partial charge is 0.331 e. The molecule has 0 atom stereocenters. The van der Waals surface area contributed by atoms with Gasteiger partial charge in [-0.15, -0.1) is 0 Å². The van der Waals surface area contributed by atoms with E-state index in [1.165, 1.54) is 23.1 Å². The van der Waals surface area contributed by atoms with Gasteiger partial charge in [-0.1, -0.05) is 11.6 Å². The number of carbonyl (C=O) groups is 2. The van der Waals surface area contributed by atoms with Crippen molar-refractivity contribution in [1.82, 2.24) is 0 Å². The molecule has 1 heterocycles. The highest BCUT2D eigenvalue weighted by Gasteiger charge is 2.26. The van der Waals surface area contributed by atoms with Gasteiger partial charge in [0.1, 0.15) is 6.54 Å². The molecule has 0 aliphatic carbocycles. The highest BCUT2D eigenvalue weighted by Crippen LogP contribution is 2.34. The quantitative estimate of drug-likeness (QED) is 0.338. The van der Waals surface area contributed by atoms with Crippen molar-refractivity contribution in [3.05, 3.63) is 56.0 Å². The SMILES string of the molecule is O=C(CN1CC(=O)Oc2ccc(Cl)cc21)Nc1cc([N+](=O)[O-])ccc1Br. The van der Waals surface area contributed by atoms with E-state index in [1.807, 2.05) is 0 Å². The van der Waals surface area contributed by atoms with E-state index in [4.69, 9.17) is 16.3 Å². The summed E-state index contributed by atoms with van der Waals surface area (Å²) in [6.07, 6.45) is 0. The molecule has 0 unspecified atom stereocenters. The van der Waals surface area contributed by atoms with Gasteiger partial charge in [0.15, 0.2) is 5.75 Å². The Kier molecular flexibility index (Phi) is 5.10. The monoisotopic (exact) mass is 439 g/mol. The van der Waals surface area contributed by atoms with Crippen LogP contribution in [0.5, 0.6) is 5.75 Å². The molecular formula is C16H11BrClN3O5. The Morgan fingerprint density at radius 3 is 2.85 bits per heavy atom. The van der Waals surface area contributed by atoms with E-state index in [0.717, 1.165) is 0 Å². The Morgan fingerprint density at radius 1 is 1.35 bits per heavy atom. The van der Waals surface area contributed by atoms with Gasteiger partial charge < -0.3 is 15.0 Å². The van der Waals surface area contributed by atoms with Crippen molar-refractivity contribution >= 4 is 56.5 Å². The van der Waals surface area contributed by atoms with Crippen LogP contribution < -0.4 is 15.0 Å². The van der Waals surface area contributed by atoms with Crippen molar-refractivity contribution in [2.75, 3.05) is 23.3 Å². The van der Waals surface area contributed by atoms with Gasteiger partial charge in [-0.3, -0.25) is 14.9 Å². The molecule has 3 rings (SSSR count). The maximum atomic E-state index is 12.4. The molecule has 0 aromatic heterocycles. The molecule has 0 radical (unpaired) electrons. The van der Waals surface area contributed by atoms with Crippen LogP contribution in [0.2, 0.25) is 5.02 Å². The molecule has 1 amide bonds. The predicted molar refractivity (Wildman–Crippen MR) is 98.7 cm³/mol. The molecule has 2 aromatic rings. The van der Waals surface area contributed by atoms with Gasteiger partial charge in [-0.25, -0.2) is 4.79 Å². The molecule has 8 nitrogen and oxygen atoms in total. The second-order valence-electron chi connectivity index (χ2n) is 5.41. The zero-order valence-electron chi connectivity index (χ0n) is 13.1. The number of carbonyl (C=O) groups excluding carboxylic acids is 2.